The number of nitrogens with one attached hydrogen (secondary N) is 1. The molecule has 2 rings (SSSR count). The Morgan fingerprint density at radius 2 is 2.10 bits per heavy atom. The Morgan fingerprint density at radius 3 is 2.65 bits per heavy atom. The van der Waals surface area contributed by atoms with Crippen molar-refractivity contribution in [1.82, 2.24) is 15.1 Å². The van der Waals surface area contributed by atoms with Gasteiger partial charge >= 0.3 is 0 Å². The molecule has 0 saturated heterocycles. The number of aryl methyl sites for hydroxylation is 2. The smallest absolute Gasteiger partial charge is 0.0738 e. The van der Waals surface area contributed by atoms with Crippen molar-refractivity contribution in [1.29, 1.82) is 0 Å². The fourth-order valence-corrected chi connectivity index (χ4v) is 3.44. The van der Waals surface area contributed by atoms with Crippen LogP contribution in [0.1, 0.15) is 51.4 Å². The van der Waals surface area contributed by atoms with Gasteiger partial charge in [-0.2, -0.15) is 5.10 Å². The molecule has 114 valence electrons. The topological polar surface area (TPSA) is 29.9 Å². The molecule has 1 aliphatic carbocycles. The van der Waals surface area contributed by atoms with Gasteiger partial charge in [-0.3, -0.25) is 4.68 Å². The van der Waals surface area contributed by atoms with Crippen LogP contribution in [-0.2, 0) is 13.0 Å². The molecule has 1 saturated carbocycles. The molecule has 0 aliphatic heterocycles. The fraction of sp³-hybridized carbons (Fsp3) is 0.812. The van der Waals surface area contributed by atoms with Gasteiger partial charge in [-0.15, -0.1) is 0 Å². The summed E-state index contributed by atoms with van der Waals surface area (Å²) in [6.45, 7) is 11.0. The minimum absolute atomic E-state index is 0.570. The molecule has 0 bridgehead atoms. The lowest BCUT2D eigenvalue weighted by Crippen LogP contribution is -2.39. The fourth-order valence-electron chi connectivity index (χ4n) is 3.00. The van der Waals surface area contributed by atoms with E-state index in [1.54, 1.807) is 0 Å². The Hall–Kier alpha value is -0.350. The van der Waals surface area contributed by atoms with E-state index in [4.69, 9.17) is 0 Å². The molecule has 0 spiro atoms. The van der Waals surface area contributed by atoms with Crippen LogP contribution in [0.15, 0.2) is 4.47 Å². The van der Waals surface area contributed by atoms with Gasteiger partial charge in [0, 0.05) is 19.0 Å². The molecule has 0 amide bonds. The second kappa shape index (κ2) is 7.08. The molecule has 2 atom stereocenters. The van der Waals surface area contributed by atoms with Crippen LogP contribution in [0.25, 0.3) is 0 Å². The molecule has 3 nitrogen and oxygen atoms in total. The second-order valence-electron chi connectivity index (χ2n) is 6.12. The molecular formula is C16H28BrN3. The summed E-state index contributed by atoms with van der Waals surface area (Å²) in [5.41, 5.74) is 2.46. The summed E-state index contributed by atoms with van der Waals surface area (Å²) in [5, 5.41) is 8.39. The van der Waals surface area contributed by atoms with Crippen LogP contribution in [0.4, 0.5) is 0 Å². The lowest BCUT2D eigenvalue weighted by Gasteiger charge is -2.25. The maximum Gasteiger partial charge on any atom is 0.0738 e. The third kappa shape index (κ3) is 3.64. The predicted octanol–water partition coefficient (Wildman–Crippen LogP) is 3.93. The van der Waals surface area contributed by atoms with Crippen LogP contribution in [-0.4, -0.2) is 22.4 Å². The molecule has 0 radical (unpaired) electrons. The highest BCUT2D eigenvalue weighted by Crippen LogP contribution is 2.39. The average Bonchev–Trinajstić information content (AvgIpc) is 3.25. The molecule has 20 heavy (non-hydrogen) atoms. The van der Waals surface area contributed by atoms with Crippen LogP contribution < -0.4 is 5.32 Å². The summed E-state index contributed by atoms with van der Waals surface area (Å²) < 4.78 is 3.35. The van der Waals surface area contributed by atoms with Crippen LogP contribution in [0.3, 0.4) is 0 Å². The minimum Gasteiger partial charge on any atom is -0.313 e. The lowest BCUT2D eigenvalue weighted by atomic mass is 9.92. The molecule has 1 aromatic rings. The maximum atomic E-state index is 4.62. The lowest BCUT2D eigenvalue weighted by molar-refractivity contribution is 0.333. The van der Waals surface area contributed by atoms with Gasteiger partial charge in [-0.05, 0) is 67.4 Å². The summed E-state index contributed by atoms with van der Waals surface area (Å²) in [6.07, 6.45) is 5.10. The van der Waals surface area contributed by atoms with Crippen molar-refractivity contribution in [2.75, 3.05) is 6.54 Å². The number of rotatable bonds is 8. The first-order chi connectivity index (χ1) is 9.58. The zero-order chi connectivity index (χ0) is 14.7. The summed E-state index contributed by atoms with van der Waals surface area (Å²) in [6, 6.07) is 0.570. The quantitative estimate of drug-likeness (QED) is 0.776. The van der Waals surface area contributed by atoms with Gasteiger partial charge in [0.15, 0.2) is 0 Å². The molecule has 1 heterocycles. The Balaban J connectivity index is 2.13. The zero-order valence-corrected chi connectivity index (χ0v) is 14.8. The molecule has 1 aromatic heterocycles. The highest BCUT2D eigenvalue weighted by molar-refractivity contribution is 9.10. The van der Waals surface area contributed by atoms with Crippen molar-refractivity contribution >= 4 is 15.9 Å². The Labute approximate surface area is 131 Å². The van der Waals surface area contributed by atoms with Gasteiger partial charge in [-0.1, -0.05) is 13.8 Å². The zero-order valence-electron chi connectivity index (χ0n) is 13.2. The van der Waals surface area contributed by atoms with Gasteiger partial charge < -0.3 is 5.32 Å². The van der Waals surface area contributed by atoms with Crippen LogP contribution in [0.2, 0.25) is 0 Å². The van der Waals surface area contributed by atoms with E-state index in [9.17, 15) is 0 Å². The minimum atomic E-state index is 0.570. The Bertz CT molecular complexity index is 437. The maximum absolute atomic E-state index is 4.62. The van der Waals surface area contributed by atoms with Gasteiger partial charge in [-0.25, -0.2) is 0 Å². The molecule has 1 fully saturated rings. The van der Waals surface area contributed by atoms with E-state index in [0.29, 0.717) is 6.04 Å². The number of hydrogen-bond donors (Lipinski definition) is 1. The van der Waals surface area contributed by atoms with Gasteiger partial charge in [0.1, 0.15) is 0 Å². The number of halogens is 1. The van der Waals surface area contributed by atoms with Crippen molar-refractivity contribution in [3.8, 4) is 0 Å². The molecule has 4 heteroatoms. The van der Waals surface area contributed by atoms with E-state index in [0.717, 1.165) is 37.0 Å². The van der Waals surface area contributed by atoms with Crippen LogP contribution in [0.5, 0.6) is 0 Å². The van der Waals surface area contributed by atoms with Crippen LogP contribution >= 0.6 is 15.9 Å². The summed E-state index contributed by atoms with van der Waals surface area (Å²) >= 11 is 3.73. The number of hydrogen-bond acceptors (Lipinski definition) is 2. The van der Waals surface area contributed by atoms with E-state index in [-0.39, 0.29) is 0 Å². The van der Waals surface area contributed by atoms with E-state index < -0.39 is 0 Å². The molecule has 1 N–H and O–H groups in total. The van der Waals surface area contributed by atoms with Crippen molar-refractivity contribution in [2.24, 2.45) is 11.8 Å². The van der Waals surface area contributed by atoms with E-state index in [1.165, 1.54) is 29.4 Å². The van der Waals surface area contributed by atoms with E-state index in [1.807, 2.05) is 0 Å². The normalized spacial score (nSPS) is 18.2. The largest absolute Gasteiger partial charge is 0.313 e. The van der Waals surface area contributed by atoms with E-state index in [2.05, 4.69) is 58.7 Å². The number of nitrogens with zero attached hydrogens (tertiary/aromatic N) is 2. The SMILES string of the molecule is CCCNC(Cc1c(Br)c(C)nn1CC)C(C)C1CC1. The number of aromatic nitrogens is 2. The van der Waals surface area contributed by atoms with Gasteiger partial charge in [0.2, 0.25) is 0 Å². The third-order valence-corrected chi connectivity index (χ3v) is 5.55. The summed E-state index contributed by atoms with van der Waals surface area (Å²) in [4.78, 5) is 0. The first-order valence-electron chi connectivity index (χ1n) is 8.03. The van der Waals surface area contributed by atoms with Gasteiger partial charge in [0.25, 0.3) is 0 Å². The third-order valence-electron chi connectivity index (χ3n) is 4.52. The Kier molecular flexibility index (Phi) is 5.67. The molecule has 1 aliphatic rings. The van der Waals surface area contributed by atoms with Crippen molar-refractivity contribution < 1.29 is 0 Å². The van der Waals surface area contributed by atoms with Crippen LogP contribution in [0, 0.1) is 18.8 Å². The molecule has 2 unspecified atom stereocenters. The second-order valence-corrected chi connectivity index (χ2v) is 6.92. The highest BCUT2D eigenvalue weighted by atomic mass is 79.9. The molecule has 0 aromatic carbocycles. The monoisotopic (exact) mass is 341 g/mol. The first kappa shape index (κ1) is 16.0. The van der Waals surface area contributed by atoms with Gasteiger partial charge in [0.05, 0.1) is 15.9 Å². The van der Waals surface area contributed by atoms with E-state index >= 15 is 0 Å². The highest BCUT2D eigenvalue weighted by Gasteiger charge is 2.33. The van der Waals surface area contributed by atoms with Crippen molar-refractivity contribution in [3.63, 3.8) is 0 Å². The standard InChI is InChI=1S/C16H28BrN3/c1-5-9-18-14(11(3)13-7-8-13)10-15-16(17)12(4)19-20(15)6-2/h11,13-14,18H,5-10H2,1-4H3. The Morgan fingerprint density at radius 1 is 1.40 bits per heavy atom. The molecular weight excluding hydrogens is 314 g/mol. The summed E-state index contributed by atoms with van der Waals surface area (Å²) in [7, 11) is 0. The van der Waals surface area contributed by atoms with Crippen molar-refractivity contribution in [3.05, 3.63) is 15.9 Å². The average molecular weight is 342 g/mol. The summed E-state index contributed by atoms with van der Waals surface area (Å²) in [5.74, 6) is 1.69. The predicted molar refractivity (Wildman–Crippen MR) is 88.0 cm³/mol. The first-order valence-corrected chi connectivity index (χ1v) is 8.82. The van der Waals surface area contributed by atoms with Crippen molar-refractivity contribution in [2.45, 2.75) is 66.0 Å².